The maximum atomic E-state index is 12.8. The summed E-state index contributed by atoms with van der Waals surface area (Å²) >= 11 is 65.7. The lowest BCUT2D eigenvalue weighted by Gasteiger charge is -2.80. The number of alkyl halides is 10. The Morgan fingerprint density at radius 1 is 0.476 bits per heavy atom. The quantitative estimate of drug-likeness (QED) is 0.453. The van der Waals surface area contributed by atoms with E-state index in [0.717, 1.165) is 0 Å². The monoisotopic (exact) mass is 486 g/mol. The van der Waals surface area contributed by atoms with Crippen molar-refractivity contribution < 1.29 is 4.79 Å². The Labute approximate surface area is 168 Å². The maximum absolute atomic E-state index is 12.8. The standard InChI is InChI=1S/C10Cl10O/c11-2-1(21)3(12)6(15)4(2,13)8(17)5(2,14)7(3,16)9(6,18)10(8,19)20/t2?,3?,4-,5+,6+,7-,8?,9?. The summed E-state index contributed by atoms with van der Waals surface area (Å²) in [5.41, 5.74) is 0. The van der Waals surface area contributed by atoms with Crippen LogP contribution in [-0.2, 0) is 4.79 Å². The van der Waals surface area contributed by atoms with Gasteiger partial charge in [0.1, 0.15) is 29.2 Å². The zero-order chi connectivity index (χ0) is 16.1. The molecule has 116 valence electrons. The summed E-state index contributed by atoms with van der Waals surface area (Å²) in [6.07, 6.45) is 0. The predicted octanol–water partition coefficient (Wildman–Crippen LogP) is 4.62. The van der Waals surface area contributed by atoms with E-state index in [-0.39, 0.29) is 0 Å². The Morgan fingerprint density at radius 3 is 0.952 bits per heavy atom. The Kier molecular flexibility index (Phi) is 2.23. The maximum Gasteiger partial charge on any atom is 0.182 e. The van der Waals surface area contributed by atoms with E-state index in [2.05, 4.69) is 0 Å². The molecule has 4 bridgehead atoms. The van der Waals surface area contributed by atoms with Crippen LogP contribution in [-0.4, -0.2) is 49.1 Å². The lowest BCUT2D eigenvalue weighted by atomic mass is 9.41. The number of hydrogen-bond donors (Lipinski definition) is 0. The molecule has 0 saturated heterocycles. The second-order valence-corrected chi connectivity index (χ2v) is 12.0. The van der Waals surface area contributed by atoms with Gasteiger partial charge in [0.2, 0.25) is 0 Å². The predicted molar refractivity (Wildman–Crippen MR) is 88.1 cm³/mol. The summed E-state index contributed by atoms with van der Waals surface area (Å²) in [5.74, 6) is -0.690. The minimum absolute atomic E-state index is 0.690. The number of halogens is 10. The van der Waals surface area contributed by atoms with Crippen LogP contribution in [0.1, 0.15) is 0 Å². The number of carbonyl (C=O) groups excluding carboxylic acids is 1. The number of Topliss-reactive ketones (excluding diaryl/α,β-unsaturated/α-hetero) is 1. The molecule has 0 radical (unpaired) electrons. The average molecular weight is 491 g/mol. The lowest BCUT2D eigenvalue weighted by Crippen LogP contribution is -3.03. The van der Waals surface area contributed by atoms with Crippen LogP contribution in [0.5, 0.6) is 0 Å². The van der Waals surface area contributed by atoms with Gasteiger partial charge in [-0.15, -0.1) is 92.8 Å². The fourth-order valence-electron chi connectivity index (χ4n) is 5.64. The Hall–Kier alpha value is 2.57. The molecule has 4 unspecified atom stereocenters. The highest BCUT2D eigenvalue weighted by Crippen LogP contribution is 3.09. The Morgan fingerprint density at radius 2 is 0.714 bits per heavy atom. The molecule has 6 fully saturated rings. The van der Waals surface area contributed by atoms with Crippen LogP contribution in [0.4, 0.5) is 0 Å². The first-order valence-corrected chi connectivity index (χ1v) is 9.37. The van der Waals surface area contributed by atoms with Crippen LogP contribution in [0.3, 0.4) is 0 Å². The van der Waals surface area contributed by atoms with E-state index in [9.17, 15) is 4.79 Å². The SMILES string of the molecule is O=C1C2(Cl)[C@@]3(Cl)C4(Cl)C(Cl)(Cl)C5(Cl)[C@](Cl)(C1(Cl)[C@]53Cl)[C@]24Cl. The normalized spacial score (nSPS) is 81.0. The summed E-state index contributed by atoms with van der Waals surface area (Å²) in [6, 6.07) is 0. The first kappa shape index (κ1) is 15.8. The fourth-order valence-corrected chi connectivity index (χ4v) is 14.0. The molecule has 1 nitrogen and oxygen atoms in total. The van der Waals surface area contributed by atoms with E-state index in [1.54, 1.807) is 0 Å². The molecule has 6 rings (SSSR count). The third-order valence-electron chi connectivity index (χ3n) is 6.24. The van der Waals surface area contributed by atoms with Gasteiger partial charge in [-0.2, -0.15) is 0 Å². The molecule has 0 N–H and O–H groups in total. The van der Waals surface area contributed by atoms with Crippen molar-refractivity contribution in [2.75, 3.05) is 0 Å². The molecule has 0 aromatic carbocycles. The molecule has 0 amide bonds. The first-order valence-electron chi connectivity index (χ1n) is 5.59. The number of rotatable bonds is 0. The van der Waals surface area contributed by atoms with Gasteiger partial charge in [-0.05, 0) is 0 Å². The lowest BCUT2D eigenvalue weighted by molar-refractivity contribution is -0.122. The molecule has 0 aromatic heterocycles. The van der Waals surface area contributed by atoms with Crippen molar-refractivity contribution in [1.82, 2.24) is 0 Å². The summed E-state index contributed by atoms with van der Waals surface area (Å²) in [6.45, 7) is 0. The minimum atomic E-state index is -1.94. The molecular formula is C10Cl10O. The van der Waals surface area contributed by atoms with Crippen LogP contribution in [0, 0.1) is 0 Å². The topological polar surface area (TPSA) is 17.1 Å². The summed E-state index contributed by atoms with van der Waals surface area (Å²) in [5, 5.41) is 0. The molecule has 21 heavy (non-hydrogen) atoms. The van der Waals surface area contributed by atoms with E-state index >= 15 is 0 Å². The summed E-state index contributed by atoms with van der Waals surface area (Å²) in [4.78, 5) is -2.01. The van der Waals surface area contributed by atoms with Crippen LogP contribution in [0.15, 0.2) is 0 Å². The van der Waals surface area contributed by atoms with Crippen molar-refractivity contribution in [2.45, 2.75) is 43.3 Å². The highest BCUT2D eigenvalue weighted by Gasteiger charge is 3.30. The van der Waals surface area contributed by atoms with E-state index in [0.29, 0.717) is 0 Å². The van der Waals surface area contributed by atoms with Crippen LogP contribution in [0.2, 0.25) is 0 Å². The highest BCUT2D eigenvalue weighted by atomic mass is 35.5. The van der Waals surface area contributed by atoms with E-state index in [1.807, 2.05) is 0 Å². The van der Waals surface area contributed by atoms with E-state index in [1.165, 1.54) is 0 Å². The molecule has 11 heteroatoms. The highest BCUT2D eigenvalue weighted by molar-refractivity contribution is 6.83. The number of carbonyl (C=O) groups is 1. The van der Waals surface area contributed by atoms with E-state index in [4.69, 9.17) is 116 Å². The zero-order valence-corrected chi connectivity index (χ0v) is 16.7. The first-order chi connectivity index (χ1) is 9.15. The molecule has 0 heterocycles. The number of hydrogen-bond acceptors (Lipinski definition) is 1. The van der Waals surface area contributed by atoms with Gasteiger partial charge >= 0.3 is 0 Å². The van der Waals surface area contributed by atoms with Gasteiger partial charge in [-0.3, -0.25) is 4.79 Å². The van der Waals surface area contributed by atoms with Crippen LogP contribution in [0.25, 0.3) is 0 Å². The van der Waals surface area contributed by atoms with Crippen molar-refractivity contribution in [2.24, 2.45) is 0 Å². The molecule has 8 atom stereocenters. The van der Waals surface area contributed by atoms with Gasteiger partial charge in [-0.1, -0.05) is 23.2 Å². The van der Waals surface area contributed by atoms with Crippen LogP contribution >= 0.6 is 116 Å². The third-order valence-corrected chi connectivity index (χ3v) is 15.3. The van der Waals surface area contributed by atoms with Crippen molar-refractivity contribution >= 4 is 122 Å². The molecule has 0 aliphatic heterocycles. The van der Waals surface area contributed by atoms with Gasteiger partial charge in [0.25, 0.3) is 0 Å². The Bertz CT molecular complexity index is 631. The van der Waals surface area contributed by atoms with Crippen molar-refractivity contribution in [3.05, 3.63) is 0 Å². The molecule has 0 aromatic rings. The second-order valence-electron chi connectivity index (χ2n) is 6.17. The van der Waals surface area contributed by atoms with Crippen molar-refractivity contribution in [3.8, 4) is 0 Å². The molecule has 6 saturated carbocycles. The van der Waals surface area contributed by atoms with Crippen molar-refractivity contribution in [1.29, 1.82) is 0 Å². The van der Waals surface area contributed by atoms with Gasteiger partial charge in [-0.25, -0.2) is 0 Å². The summed E-state index contributed by atoms with van der Waals surface area (Å²) in [7, 11) is 0. The molecule has 6 aliphatic rings. The smallest absolute Gasteiger partial charge is 0.182 e. The van der Waals surface area contributed by atoms with Crippen molar-refractivity contribution in [3.63, 3.8) is 0 Å². The van der Waals surface area contributed by atoms with Gasteiger partial charge < -0.3 is 0 Å². The fraction of sp³-hybridized carbons (Fsp3) is 0.900. The van der Waals surface area contributed by atoms with Gasteiger partial charge in [0.15, 0.2) is 19.9 Å². The summed E-state index contributed by atoms with van der Waals surface area (Å²) < 4.78 is -1.94. The minimum Gasteiger partial charge on any atom is -0.295 e. The average Bonchev–Trinajstić information content (AvgIpc) is 2.64. The zero-order valence-electron chi connectivity index (χ0n) is 9.19. The largest absolute Gasteiger partial charge is 0.295 e. The second kappa shape index (κ2) is 2.96. The van der Waals surface area contributed by atoms with Crippen LogP contribution < -0.4 is 0 Å². The molecular weight excluding hydrogens is 491 g/mol. The Balaban J connectivity index is 2.08. The van der Waals surface area contributed by atoms with E-state index < -0.39 is 49.1 Å². The van der Waals surface area contributed by atoms with Gasteiger partial charge in [0, 0.05) is 0 Å². The number of ketones is 1. The van der Waals surface area contributed by atoms with Gasteiger partial charge in [0.05, 0.1) is 0 Å². The third kappa shape index (κ3) is 0.636. The molecule has 0 spiro atoms. The molecule has 6 aliphatic carbocycles.